The summed E-state index contributed by atoms with van der Waals surface area (Å²) < 4.78 is 5.15. The van der Waals surface area contributed by atoms with Crippen molar-refractivity contribution in [2.24, 2.45) is 0 Å². The normalized spacial score (nSPS) is 10.5. The van der Waals surface area contributed by atoms with E-state index in [0.29, 0.717) is 5.88 Å². The first-order chi connectivity index (χ1) is 8.17. The van der Waals surface area contributed by atoms with Crippen molar-refractivity contribution in [3.63, 3.8) is 0 Å². The molecule has 0 atom stereocenters. The zero-order valence-corrected chi connectivity index (χ0v) is 11.7. The van der Waals surface area contributed by atoms with Gasteiger partial charge in [-0.25, -0.2) is 4.98 Å². The van der Waals surface area contributed by atoms with E-state index >= 15 is 0 Å². The third-order valence-electron chi connectivity index (χ3n) is 2.42. The van der Waals surface area contributed by atoms with Crippen molar-refractivity contribution < 1.29 is 9.53 Å². The van der Waals surface area contributed by atoms with Crippen LogP contribution in [0.1, 0.15) is 56.3 Å². The fourth-order valence-electron chi connectivity index (χ4n) is 1.62. The highest BCUT2D eigenvalue weighted by Gasteiger charge is 2.13. The molecule has 1 aromatic heterocycles. The van der Waals surface area contributed by atoms with Crippen LogP contribution in [0.2, 0.25) is 0 Å². The minimum Gasteiger partial charge on any atom is -0.406 e. The number of carbonyl (C=O) groups excluding carboxylic acids is 1. The first-order valence-electron chi connectivity index (χ1n) is 6.34. The zero-order chi connectivity index (χ0) is 12.7. The predicted molar refractivity (Wildman–Crippen MR) is 70.6 cm³/mol. The van der Waals surface area contributed by atoms with E-state index in [2.05, 4.69) is 18.8 Å². The third kappa shape index (κ3) is 4.86. The number of aromatic nitrogens is 1. The average molecular weight is 255 g/mol. The molecule has 0 unspecified atom stereocenters. The van der Waals surface area contributed by atoms with Crippen molar-refractivity contribution in [3.8, 4) is 5.88 Å². The van der Waals surface area contributed by atoms with Crippen molar-refractivity contribution in [2.75, 3.05) is 0 Å². The van der Waals surface area contributed by atoms with Crippen LogP contribution in [0.3, 0.4) is 0 Å². The summed E-state index contributed by atoms with van der Waals surface area (Å²) in [7, 11) is 0. The fourth-order valence-corrected chi connectivity index (χ4v) is 2.76. The maximum Gasteiger partial charge on any atom is 0.309 e. The van der Waals surface area contributed by atoms with Gasteiger partial charge < -0.3 is 4.74 Å². The molecular formula is C13H21NO2S. The van der Waals surface area contributed by atoms with E-state index in [4.69, 9.17) is 4.74 Å². The molecule has 0 aromatic carbocycles. The topological polar surface area (TPSA) is 39.2 Å². The van der Waals surface area contributed by atoms with Gasteiger partial charge in [0.25, 0.3) is 0 Å². The molecule has 0 saturated carbocycles. The summed E-state index contributed by atoms with van der Waals surface area (Å²) in [6, 6.07) is 0. The van der Waals surface area contributed by atoms with Gasteiger partial charge in [0.1, 0.15) is 0 Å². The van der Waals surface area contributed by atoms with Gasteiger partial charge >= 0.3 is 5.97 Å². The number of esters is 1. The summed E-state index contributed by atoms with van der Waals surface area (Å²) in [6.07, 6.45) is 6.58. The Balaban J connectivity index is 2.69. The summed E-state index contributed by atoms with van der Waals surface area (Å²) in [5.41, 5.74) is 0. The molecule has 1 rings (SSSR count). The van der Waals surface area contributed by atoms with Gasteiger partial charge in [-0.15, -0.1) is 11.3 Å². The van der Waals surface area contributed by atoms with Crippen LogP contribution in [0.5, 0.6) is 5.88 Å². The van der Waals surface area contributed by atoms with Crippen molar-refractivity contribution in [3.05, 3.63) is 9.88 Å². The second-order valence-corrected chi connectivity index (χ2v) is 5.30. The van der Waals surface area contributed by atoms with E-state index in [1.807, 2.05) is 0 Å². The van der Waals surface area contributed by atoms with Gasteiger partial charge in [0.05, 0.1) is 9.88 Å². The summed E-state index contributed by atoms with van der Waals surface area (Å²) in [5.74, 6) is 0.253. The molecular weight excluding hydrogens is 234 g/mol. The van der Waals surface area contributed by atoms with Crippen LogP contribution in [0.4, 0.5) is 0 Å². The largest absolute Gasteiger partial charge is 0.406 e. The molecule has 0 spiro atoms. The Bertz CT molecular complexity index is 360. The maximum absolute atomic E-state index is 11.0. The molecule has 0 aliphatic rings. The van der Waals surface area contributed by atoms with E-state index in [1.165, 1.54) is 19.8 Å². The molecule has 96 valence electrons. The number of rotatable bonds is 7. The van der Waals surface area contributed by atoms with E-state index in [0.717, 1.165) is 35.6 Å². The Morgan fingerprint density at radius 1 is 1.24 bits per heavy atom. The predicted octanol–water partition coefficient (Wildman–Crippen LogP) is 3.75. The lowest BCUT2D eigenvalue weighted by Crippen LogP contribution is -2.03. The van der Waals surface area contributed by atoms with Crippen molar-refractivity contribution >= 4 is 17.3 Å². The van der Waals surface area contributed by atoms with E-state index in [1.54, 1.807) is 11.3 Å². The Labute approximate surface area is 107 Å². The summed E-state index contributed by atoms with van der Waals surface area (Å²) in [4.78, 5) is 16.5. The third-order valence-corrected chi connectivity index (χ3v) is 3.57. The lowest BCUT2D eigenvalue weighted by Gasteiger charge is -1.98. The van der Waals surface area contributed by atoms with Crippen LogP contribution >= 0.6 is 11.3 Å². The van der Waals surface area contributed by atoms with E-state index in [-0.39, 0.29) is 5.97 Å². The van der Waals surface area contributed by atoms with Gasteiger partial charge in [-0.1, -0.05) is 33.1 Å². The Morgan fingerprint density at radius 3 is 2.59 bits per heavy atom. The zero-order valence-electron chi connectivity index (χ0n) is 10.9. The highest BCUT2D eigenvalue weighted by Crippen LogP contribution is 2.28. The van der Waals surface area contributed by atoms with Crippen LogP contribution < -0.4 is 4.74 Å². The van der Waals surface area contributed by atoms with Crippen molar-refractivity contribution in [1.29, 1.82) is 0 Å². The van der Waals surface area contributed by atoms with Crippen molar-refractivity contribution in [1.82, 2.24) is 4.98 Å². The number of nitrogens with zero attached hydrogens (tertiary/aromatic N) is 1. The van der Waals surface area contributed by atoms with Gasteiger partial charge in [0.15, 0.2) is 0 Å². The number of aryl methyl sites for hydroxylation is 2. The number of carbonyl (C=O) groups is 1. The van der Waals surface area contributed by atoms with Crippen molar-refractivity contribution in [2.45, 2.75) is 59.3 Å². The van der Waals surface area contributed by atoms with E-state index in [9.17, 15) is 4.79 Å². The quantitative estimate of drug-likeness (QED) is 0.550. The molecule has 0 fully saturated rings. The number of ether oxygens (including phenoxy) is 1. The molecule has 0 radical (unpaired) electrons. The molecule has 3 nitrogen and oxygen atoms in total. The van der Waals surface area contributed by atoms with Gasteiger partial charge in [0, 0.05) is 6.92 Å². The molecule has 0 aliphatic carbocycles. The monoisotopic (exact) mass is 255 g/mol. The molecule has 17 heavy (non-hydrogen) atoms. The number of unbranched alkanes of at least 4 members (excludes halogenated alkanes) is 2. The number of thiazole rings is 1. The summed E-state index contributed by atoms with van der Waals surface area (Å²) in [6.45, 7) is 5.73. The Hall–Kier alpha value is -0.900. The molecule has 4 heteroatoms. The second-order valence-electron chi connectivity index (χ2n) is 4.14. The van der Waals surface area contributed by atoms with Gasteiger partial charge in [-0.05, 0) is 19.3 Å². The molecule has 0 N–H and O–H groups in total. The highest BCUT2D eigenvalue weighted by molar-refractivity contribution is 7.11. The molecule has 1 heterocycles. The average Bonchev–Trinajstić information content (AvgIpc) is 2.61. The lowest BCUT2D eigenvalue weighted by atomic mass is 10.2. The van der Waals surface area contributed by atoms with Gasteiger partial charge in [0.2, 0.25) is 5.88 Å². The number of hydrogen-bond acceptors (Lipinski definition) is 4. The Kier molecular flexibility index (Phi) is 6.19. The standard InChI is InChI=1S/C13H21NO2S/c1-4-6-7-9-12-14-13(16-10(3)15)11(17-12)8-5-2/h4-9H2,1-3H3. The van der Waals surface area contributed by atoms with Crippen LogP contribution in [0, 0.1) is 0 Å². The molecule has 0 aliphatic heterocycles. The van der Waals surface area contributed by atoms with Crippen LogP contribution in [0.25, 0.3) is 0 Å². The first-order valence-corrected chi connectivity index (χ1v) is 7.16. The fraction of sp³-hybridized carbons (Fsp3) is 0.692. The van der Waals surface area contributed by atoms with Gasteiger partial charge in [-0.2, -0.15) is 0 Å². The second kappa shape index (κ2) is 7.43. The molecule has 0 bridgehead atoms. The summed E-state index contributed by atoms with van der Waals surface area (Å²) >= 11 is 1.69. The van der Waals surface area contributed by atoms with Crippen LogP contribution in [-0.4, -0.2) is 11.0 Å². The van der Waals surface area contributed by atoms with Crippen LogP contribution in [0.15, 0.2) is 0 Å². The summed E-state index contributed by atoms with van der Waals surface area (Å²) in [5, 5.41) is 1.10. The van der Waals surface area contributed by atoms with E-state index < -0.39 is 0 Å². The number of hydrogen-bond donors (Lipinski definition) is 0. The smallest absolute Gasteiger partial charge is 0.309 e. The minimum atomic E-state index is -0.284. The SMILES string of the molecule is CCCCCc1nc(OC(C)=O)c(CCC)s1. The minimum absolute atomic E-state index is 0.284. The first kappa shape index (κ1) is 14.2. The lowest BCUT2D eigenvalue weighted by molar-refractivity contribution is -0.132. The Morgan fingerprint density at radius 2 is 2.00 bits per heavy atom. The van der Waals surface area contributed by atoms with Crippen LogP contribution in [-0.2, 0) is 17.6 Å². The maximum atomic E-state index is 11.0. The van der Waals surface area contributed by atoms with Gasteiger partial charge in [-0.3, -0.25) is 4.79 Å². The highest BCUT2D eigenvalue weighted by atomic mass is 32.1. The molecule has 1 aromatic rings. The molecule has 0 saturated heterocycles. The molecule has 0 amide bonds.